The van der Waals surface area contributed by atoms with Crippen LogP contribution in [-0.2, 0) is 0 Å². The molecule has 4 aromatic rings. The molecule has 25 heavy (non-hydrogen) atoms. The molecular formula is C20H17N5. The Morgan fingerprint density at radius 2 is 1.88 bits per heavy atom. The number of rotatable bonds is 2. The van der Waals surface area contributed by atoms with Gasteiger partial charge >= 0.3 is 0 Å². The zero-order valence-corrected chi connectivity index (χ0v) is 14.1. The summed E-state index contributed by atoms with van der Waals surface area (Å²) in [6.07, 6.45) is 1.52. The number of hydrogen-bond acceptors (Lipinski definition) is 4. The summed E-state index contributed by atoms with van der Waals surface area (Å²) in [5.74, 6) is 0.515. The number of nitrogens with zero attached hydrogens (tertiary/aromatic N) is 4. The Balaban J connectivity index is 2.15. The minimum Gasteiger partial charge on any atom is -0.382 e. The van der Waals surface area contributed by atoms with Crippen molar-refractivity contribution in [3.8, 4) is 17.2 Å². The van der Waals surface area contributed by atoms with Gasteiger partial charge in [0.25, 0.3) is 0 Å². The van der Waals surface area contributed by atoms with Crippen molar-refractivity contribution in [2.24, 2.45) is 0 Å². The van der Waals surface area contributed by atoms with Crippen molar-refractivity contribution >= 4 is 22.2 Å². The first kappa shape index (κ1) is 15.2. The topological polar surface area (TPSA) is 80.0 Å². The molecule has 2 heterocycles. The molecule has 0 aliphatic rings. The predicted octanol–water partition coefficient (Wildman–Crippen LogP) is 4.13. The van der Waals surface area contributed by atoms with E-state index < -0.39 is 0 Å². The van der Waals surface area contributed by atoms with E-state index in [-0.39, 0.29) is 5.92 Å². The molecule has 0 fully saturated rings. The zero-order valence-electron chi connectivity index (χ0n) is 14.1. The number of fused-ring (bicyclic) bond motifs is 2. The molecule has 0 saturated heterocycles. The number of benzene rings is 2. The highest BCUT2D eigenvalue weighted by Crippen LogP contribution is 2.37. The van der Waals surface area contributed by atoms with Gasteiger partial charge in [0.1, 0.15) is 17.5 Å². The summed E-state index contributed by atoms with van der Waals surface area (Å²) in [5.41, 5.74) is 10.1. The summed E-state index contributed by atoms with van der Waals surface area (Å²) in [4.78, 5) is 4.50. The van der Waals surface area contributed by atoms with Gasteiger partial charge in [-0.2, -0.15) is 14.9 Å². The Morgan fingerprint density at radius 3 is 2.64 bits per heavy atom. The van der Waals surface area contributed by atoms with E-state index in [9.17, 15) is 5.26 Å². The first-order chi connectivity index (χ1) is 12.1. The van der Waals surface area contributed by atoms with Crippen LogP contribution in [0.1, 0.15) is 31.0 Å². The Labute approximate surface area is 145 Å². The van der Waals surface area contributed by atoms with E-state index in [1.54, 1.807) is 4.52 Å². The molecule has 122 valence electrons. The van der Waals surface area contributed by atoms with Crippen LogP contribution in [0.2, 0.25) is 0 Å². The molecule has 2 N–H and O–H groups in total. The normalized spacial score (nSPS) is 11.3. The quantitative estimate of drug-likeness (QED) is 0.600. The number of nitrogens with two attached hydrogens (primary N) is 1. The monoisotopic (exact) mass is 327 g/mol. The lowest BCUT2D eigenvalue weighted by Crippen LogP contribution is -2.03. The fourth-order valence-corrected chi connectivity index (χ4v) is 3.21. The minimum absolute atomic E-state index is 0.195. The fraction of sp³-hybridized carbons (Fsp3) is 0.150. The summed E-state index contributed by atoms with van der Waals surface area (Å²) in [6, 6.07) is 16.5. The highest BCUT2D eigenvalue weighted by molar-refractivity contribution is 6.00. The third-order valence-corrected chi connectivity index (χ3v) is 4.43. The number of anilines is 1. The molecule has 2 aromatic carbocycles. The lowest BCUT2D eigenvalue weighted by atomic mass is 9.95. The maximum absolute atomic E-state index is 9.21. The second-order valence-corrected chi connectivity index (χ2v) is 6.35. The number of aromatic nitrogens is 3. The minimum atomic E-state index is 0.195. The molecule has 0 aliphatic heterocycles. The number of hydrogen-bond donors (Lipinski definition) is 1. The van der Waals surface area contributed by atoms with E-state index in [1.165, 1.54) is 6.20 Å². The van der Waals surface area contributed by atoms with Gasteiger partial charge in [-0.05, 0) is 22.3 Å². The lowest BCUT2D eigenvalue weighted by molar-refractivity contribution is 0.790. The summed E-state index contributed by atoms with van der Waals surface area (Å²) >= 11 is 0. The molecule has 0 unspecified atom stereocenters. The van der Waals surface area contributed by atoms with Gasteiger partial charge in [-0.1, -0.05) is 56.3 Å². The Morgan fingerprint density at radius 1 is 1.12 bits per heavy atom. The predicted molar refractivity (Wildman–Crippen MR) is 99.1 cm³/mol. The third-order valence-electron chi connectivity index (χ3n) is 4.43. The van der Waals surface area contributed by atoms with E-state index in [1.807, 2.05) is 18.2 Å². The van der Waals surface area contributed by atoms with Gasteiger partial charge in [0, 0.05) is 0 Å². The van der Waals surface area contributed by atoms with Crippen LogP contribution in [0, 0.1) is 11.3 Å². The van der Waals surface area contributed by atoms with Gasteiger partial charge in [-0.15, -0.1) is 0 Å². The molecule has 5 heteroatoms. The molecule has 0 saturated carbocycles. The van der Waals surface area contributed by atoms with Crippen LogP contribution in [0.4, 0.5) is 5.82 Å². The van der Waals surface area contributed by atoms with Crippen molar-refractivity contribution < 1.29 is 0 Å². The van der Waals surface area contributed by atoms with E-state index in [0.717, 1.165) is 27.6 Å². The average Bonchev–Trinajstić information content (AvgIpc) is 3.02. The maximum atomic E-state index is 9.21. The van der Waals surface area contributed by atoms with Gasteiger partial charge in [0.05, 0.1) is 17.5 Å². The van der Waals surface area contributed by atoms with Crippen molar-refractivity contribution in [2.45, 2.75) is 19.8 Å². The largest absolute Gasteiger partial charge is 0.382 e. The number of nitriles is 1. The molecule has 0 spiro atoms. The first-order valence-electron chi connectivity index (χ1n) is 8.17. The van der Waals surface area contributed by atoms with E-state index in [4.69, 9.17) is 5.73 Å². The van der Waals surface area contributed by atoms with Crippen molar-refractivity contribution in [1.29, 1.82) is 5.26 Å². The van der Waals surface area contributed by atoms with Crippen LogP contribution in [0.3, 0.4) is 0 Å². The lowest BCUT2D eigenvalue weighted by Gasteiger charge is -2.09. The first-order valence-corrected chi connectivity index (χ1v) is 8.17. The zero-order chi connectivity index (χ0) is 17.6. The summed E-state index contributed by atoms with van der Waals surface area (Å²) in [6.45, 7) is 4.19. The molecule has 0 radical (unpaired) electrons. The standard InChI is InChI=1S/C20H17N5/c1-12(2)18-17(16-9-5-7-13-6-3-4-8-15(13)16)20-23-11-14(10-21)19(22)25(20)24-18/h3-9,11-12H,22H2,1-2H3. The van der Waals surface area contributed by atoms with E-state index in [0.29, 0.717) is 17.0 Å². The maximum Gasteiger partial charge on any atom is 0.165 e. The third kappa shape index (κ3) is 2.23. The molecule has 0 aliphatic carbocycles. The molecule has 0 atom stereocenters. The smallest absolute Gasteiger partial charge is 0.165 e. The van der Waals surface area contributed by atoms with E-state index >= 15 is 0 Å². The highest BCUT2D eigenvalue weighted by atomic mass is 15.3. The van der Waals surface area contributed by atoms with Gasteiger partial charge in [-0.25, -0.2) is 4.98 Å². The molecule has 0 amide bonds. The number of nitrogen functional groups attached to an aromatic ring is 1. The molecule has 4 rings (SSSR count). The molecule has 0 bridgehead atoms. The van der Waals surface area contributed by atoms with Crippen LogP contribution >= 0.6 is 0 Å². The van der Waals surface area contributed by atoms with Crippen LogP contribution in [0.25, 0.3) is 27.5 Å². The van der Waals surface area contributed by atoms with Gasteiger partial charge in [0.15, 0.2) is 5.65 Å². The van der Waals surface area contributed by atoms with Crippen LogP contribution in [-0.4, -0.2) is 14.6 Å². The summed E-state index contributed by atoms with van der Waals surface area (Å²) < 4.78 is 1.59. The van der Waals surface area contributed by atoms with Gasteiger partial charge in [-0.3, -0.25) is 0 Å². The second-order valence-electron chi connectivity index (χ2n) is 6.35. The average molecular weight is 327 g/mol. The second kappa shape index (κ2) is 5.60. The van der Waals surface area contributed by atoms with Gasteiger partial charge in [0.2, 0.25) is 0 Å². The van der Waals surface area contributed by atoms with Crippen molar-refractivity contribution in [2.75, 3.05) is 5.73 Å². The van der Waals surface area contributed by atoms with Crippen molar-refractivity contribution in [3.05, 3.63) is 59.9 Å². The Kier molecular flexibility index (Phi) is 3.40. The SMILES string of the molecule is CC(C)c1nn2c(N)c(C#N)cnc2c1-c1cccc2ccccc12. The molecular weight excluding hydrogens is 310 g/mol. The Bertz CT molecular complexity index is 1140. The van der Waals surface area contributed by atoms with Gasteiger partial charge < -0.3 is 5.73 Å². The Hall–Kier alpha value is -3.39. The van der Waals surface area contributed by atoms with E-state index in [2.05, 4.69) is 54.3 Å². The van der Waals surface area contributed by atoms with Crippen LogP contribution in [0.5, 0.6) is 0 Å². The van der Waals surface area contributed by atoms with Crippen LogP contribution in [0.15, 0.2) is 48.7 Å². The van der Waals surface area contributed by atoms with Crippen molar-refractivity contribution in [3.63, 3.8) is 0 Å². The fourth-order valence-electron chi connectivity index (χ4n) is 3.21. The summed E-state index contributed by atoms with van der Waals surface area (Å²) in [7, 11) is 0. The highest BCUT2D eigenvalue weighted by Gasteiger charge is 2.21. The summed E-state index contributed by atoms with van der Waals surface area (Å²) in [5, 5.41) is 16.2. The molecule has 2 aromatic heterocycles. The van der Waals surface area contributed by atoms with Crippen molar-refractivity contribution in [1.82, 2.24) is 14.6 Å². The molecule has 5 nitrogen and oxygen atoms in total. The van der Waals surface area contributed by atoms with Crippen LogP contribution < -0.4 is 5.73 Å².